The van der Waals surface area contributed by atoms with Gasteiger partial charge in [0.25, 0.3) is 0 Å². The third kappa shape index (κ3) is 4.17. The molecule has 0 spiro atoms. The Bertz CT molecular complexity index is 535. The number of carbonyl (C=O) groups is 1. The van der Waals surface area contributed by atoms with Gasteiger partial charge in [-0.2, -0.15) is 0 Å². The third-order valence-electron chi connectivity index (χ3n) is 3.96. The maximum atomic E-state index is 11.9. The largest absolute Gasteiger partial charge is 0.486 e. The molecule has 7 nitrogen and oxygen atoms in total. The van der Waals surface area contributed by atoms with Crippen molar-refractivity contribution in [2.45, 2.75) is 31.7 Å². The van der Waals surface area contributed by atoms with E-state index in [9.17, 15) is 14.9 Å². The summed E-state index contributed by atoms with van der Waals surface area (Å²) in [5.74, 6) is 0.421. The van der Waals surface area contributed by atoms with Gasteiger partial charge >= 0.3 is 5.69 Å². The maximum Gasteiger partial charge on any atom is 0.310 e. The lowest BCUT2D eigenvalue weighted by Crippen LogP contribution is -2.40. The molecule has 1 amide bonds. The van der Waals surface area contributed by atoms with E-state index in [4.69, 9.17) is 10.5 Å². The molecule has 1 aliphatic carbocycles. The van der Waals surface area contributed by atoms with Gasteiger partial charge in [0, 0.05) is 12.1 Å². The number of hydrogen-bond acceptors (Lipinski definition) is 5. The minimum Gasteiger partial charge on any atom is -0.486 e. The van der Waals surface area contributed by atoms with Crippen molar-refractivity contribution >= 4 is 11.6 Å². The Morgan fingerprint density at radius 2 is 2.18 bits per heavy atom. The molecule has 0 radical (unpaired) electrons. The molecule has 1 aromatic rings. The van der Waals surface area contributed by atoms with Gasteiger partial charge in [0.05, 0.1) is 18.0 Å². The van der Waals surface area contributed by atoms with Crippen LogP contribution >= 0.6 is 0 Å². The molecule has 0 aromatic heterocycles. The molecule has 2 unspecified atom stereocenters. The van der Waals surface area contributed by atoms with Gasteiger partial charge in [-0.25, -0.2) is 0 Å². The minimum absolute atomic E-state index is 0.0955. The monoisotopic (exact) mass is 307 g/mol. The van der Waals surface area contributed by atoms with Crippen molar-refractivity contribution in [3.63, 3.8) is 0 Å². The molecule has 0 bridgehead atoms. The molecule has 22 heavy (non-hydrogen) atoms. The van der Waals surface area contributed by atoms with Crippen LogP contribution in [0.25, 0.3) is 0 Å². The molecule has 7 heteroatoms. The Morgan fingerprint density at radius 1 is 1.41 bits per heavy atom. The standard InChI is InChI=1S/C15H21N3O4/c16-10-11-4-3-5-12(11)17-15(19)8-9-22-14-7-2-1-6-13(14)18(20)21/h1-2,6-7,11-12H,3-5,8-10,16H2,(H,17,19). The first kappa shape index (κ1) is 16.2. The van der Waals surface area contributed by atoms with Crippen molar-refractivity contribution in [1.29, 1.82) is 0 Å². The molecule has 1 aliphatic rings. The smallest absolute Gasteiger partial charge is 0.310 e. The summed E-state index contributed by atoms with van der Waals surface area (Å²) < 4.78 is 5.36. The number of carbonyl (C=O) groups excluding carboxylic acids is 1. The van der Waals surface area contributed by atoms with Crippen LogP contribution in [-0.2, 0) is 4.79 Å². The highest BCUT2D eigenvalue weighted by molar-refractivity contribution is 5.76. The predicted molar refractivity (Wildman–Crippen MR) is 81.5 cm³/mol. The molecule has 2 atom stereocenters. The number of para-hydroxylation sites is 2. The normalized spacial score (nSPS) is 20.6. The average Bonchev–Trinajstić information content (AvgIpc) is 2.94. The quantitative estimate of drug-likeness (QED) is 0.587. The van der Waals surface area contributed by atoms with E-state index in [1.54, 1.807) is 12.1 Å². The molecular weight excluding hydrogens is 286 g/mol. The summed E-state index contributed by atoms with van der Waals surface area (Å²) in [4.78, 5) is 22.3. The summed E-state index contributed by atoms with van der Waals surface area (Å²) in [6, 6.07) is 6.28. The second-order valence-electron chi connectivity index (χ2n) is 5.42. The van der Waals surface area contributed by atoms with Gasteiger partial charge in [-0.1, -0.05) is 18.6 Å². The van der Waals surface area contributed by atoms with Crippen LogP contribution in [0.3, 0.4) is 0 Å². The van der Waals surface area contributed by atoms with Gasteiger partial charge in [-0.3, -0.25) is 14.9 Å². The van der Waals surface area contributed by atoms with E-state index >= 15 is 0 Å². The van der Waals surface area contributed by atoms with Crippen molar-refractivity contribution in [3.05, 3.63) is 34.4 Å². The second-order valence-corrected chi connectivity index (χ2v) is 5.42. The van der Waals surface area contributed by atoms with E-state index in [0.29, 0.717) is 12.5 Å². The van der Waals surface area contributed by atoms with Crippen LogP contribution in [0.15, 0.2) is 24.3 Å². The summed E-state index contributed by atoms with van der Waals surface area (Å²) in [7, 11) is 0. The predicted octanol–water partition coefficient (Wildman–Crippen LogP) is 1.61. The van der Waals surface area contributed by atoms with Gasteiger partial charge in [0.2, 0.25) is 5.91 Å². The van der Waals surface area contributed by atoms with Crippen molar-refractivity contribution in [2.24, 2.45) is 11.7 Å². The van der Waals surface area contributed by atoms with Gasteiger partial charge in [-0.05, 0) is 31.4 Å². The van der Waals surface area contributed by atoms with Gasteiger partial charge < -0.3 is 15.8 Å². The lowest BCUT2D eigenvalue weighted by atomic mass is 10.0. The highest BCUT2D eigenvalue weighted by Crippen LogP contribution is 2.26. The Hall–Kier alpha value is -2.15. The van der Waals surface area contributed by atoms with Crippen LogP contribution in [0, 0.1) is 16.0 Å². The van der Waals surface area contributed by atoms with Crippen LogP contribution < -0.4 is 15.8 Å². The first-order chi connectivity index (χ1) is 10.6. The Labute approximate surface area is 129 Å². The molecule has 2 rings (SSSR count). The van der Waals surface area contributed by atoms with E-state index in [1.807, 2.05) is 0 Å². The van der Waals surface area contributed by atoms with E-state index in [0.717, 1.165) is 19.3 Å². The number of nitrogens with two attached hydrogens (primary N) is 1. The third-order valence-corrected chi connectivity index (χ3v) is 3.96. The van der Waals surface area contributed by atoms with E-state index in [2.05, 4.69) is 5.32 Å². The number of hydrogen-bond donors (Lipinski definition) is 2. The number of nitrogens with one attached hydrogen (secondary N) is 1. The summed E-state index contributed by atoms with van der Waals surface area (Å²) in [5.41, 5.74) is 5.59. The number of nitro groups is 1. The van der Waals surface area contributed by atoms with Crippen molar-refractivity contribution in [2.75, 3.05) is 13.2 Å². The molecule has 0 saturated heterocycles. The number of rotatable bonds is 7. The number of ether oxygens (including phenoxy) is 1. The Kier molecular flexibility index (Phi) is 5.71. The summed E-state index contributed by atoms with van der Waals surface area (Å²) >= 11 is 0. The summed E-state index contributed by atoms with van der Waals surface area (Å²) in [6.45, 7) is 0.689. The van der Waals surface area contributed by atoms with Crippen LogP contribution in [0.5, 0.6) is 5.75 Å². The van der Waals surface area contributed by atoms with Crippen LogP contribution in [0.2, 0.25) is 0 Å². The first-order valence-electron chi connectivity index (χ1n) is 7.47. The van der Waals surface area contributed by atoms with Crippen LogP contribution in [0.1, 0.15) is 25.7 Å². The highest BCUT2D eigenvalue weighted by atomic mass is 16.6. The zero-order chi connectivity index (χ0) is 15.9. The van der Waals surface area contributed by atoms with Gasteiger partial charge in [0.1, 0.15) is 0 Å². The van der Waals surface area contributed by atoms with Crippen molar-refractivity contribution in [3.8, 4) is 5.75 Å². The van der Waals surface area contributed by atoms with E-state index < -0.39 is 4.92 Å². The zero-order valence-electron chi connectivity index (χ0n) is 12.4. The fourth-order valence-corrected chi connectivity index (χ4v) is 2.77. The average molecular weight is 307 g/mol. The fraction of sp³-hybridized carbons (Fsp3) is 0.533. The lowest BCUT2D eigenvalue weighted by molar-refractivity contribution is -0.385. The van der Waals surface area contributed by atoms with Gasteiger partial charge in [0.15, 0.2) is 5.75 Å². The minimum atomic E-state index is -0.500. The number of nitro benzene ring substituents is 1. The Morgan fingerprint density at radius 3 is 2.91 bits per heavy atom. The molecule has 0 heterocycles. The lowest BCUT2D eigenvalue weighted by Gasteiger charge is -2.19. The topological polar surface area (TPSA) is 107 Å². The summed E-state index contributed by atoms with van der Waals surface area (Å²) in [6.07, 6.45) is 3.26. The van der Waals surface area contributed by atoms with E-state index in [1.165, 1.54) is 12.1 Å². The SMILES string of the molecule is NCC1CCCC1NC(=O)CCOc1ccccc1[N+](=O)[O-]. The molecule has 1 fully saturated rings. The van der Waals surface area contributed by atoms with Crippen LogP contribution in [-0.4, -0.2) is 30.0 Å². The van der Waals surface area contributed by atoms with Crippen molar-refractivity contribution in [1.82, 2.24) is 5.32 Å². The zero-order valence-corrected chi connectivity index (χ0v) is 12.4. The number of nitrogens with zero attached hydrogens (tertiary/aromatic N) is 1. The molecular formula is C15H21N3O4. The fourth-order valence-electron chi connectivity index (χ4n) is 2.77. The molecule has 1 aromatic carbocycles. The number of amides is 1. The molecule has 1 saturated carbocycles. The van der Waals surface area contributed by atoms with Crippen molar-refractivity contribution < 1.29 is 14.5 Å². The summed E-state index contributed by atoms with van der Waals surface area (Å²) in [5, 5.41) is 13.8. The maximum absolute atomic E-state index is 11.9. The number of benzene rings is 1. The first-order valence-corrected chi connectivity index (χ1v) is 7.47. The van der Waals surface area contributed by atoms with E-state index in [-0.39, 0.29) is 36.4 Å². The molecule has 3 N–H and O–H groups in total. The highest BCUT2D eigenvalue weighted by Gasteiger charge is 2.27. The van der Waals surface area contributed by atoms with Crippen LogP contribution in [0.4, 0.5) is 5.69 Å². The second kappa shape index (κ2) is 7.74. The molecule has 120 valence electrons. The van der Waals surface area contributed by atoms with Gasteiger partial charge in [-0.15, -0.1) is 0 Å². The Balaban J connectivity index is 1.79. The molecule has 0 aliphatic heterocycles.